The van der Waals surface area contributed by atoms with E-state index in [1.807, 2.05) is 56.1 Å². The molecule has 0 N–H and O–H groups in total. The van der Waals surface area contributed by atoms with Crippen LogP contribution < -0.4 is 0 Å². The monoisotopic (exact) mass is 262 g/mol. The van der Waals surface area contributed by atoms with Crippen LogP contribution in [-0.4, -0.2) is 41.5 Å². The van der Waals surface area contributed by atoms with Gasteiger partial charge in [0.15, 0.2) is 0 Å². The highest BCUT2D eigenvalue weighted by atomic mass is 16.7. The van der Waals surface area contributed by atoms with E-state index in [9.17, 15) is 4.79 Å². The number of amides is 1. The van der Waals surface area contributed by atoms with E-state index < -0.39 is 0 Å². The maximum atomic E-state index is 12.2. The third kappa shape index (κ3) is 3.33. The topological polar surface area (TPSA) is 32.8 Å². The lowest BCUT2D eigenvalue weighted by atomic mass is 10.2. The predicted molar refractivity (Wildman–Crippen MR) is 74.2 cm³/mol. The maximum Gasteiger partial charge on any atom is 0.242 e. The molecule has 4 heteroatoms. The molecule has 1 fully saturated rings. The van der Waals surface area contributed by atoms with E-state index >= 15 is 0 Å². The van der Waals surface area contributed by atoms with Crippen LogP contribution in [0.2, 0.25) is 0 Å². The fourth-order valence-corrected chi connectivity index (χ4v) is 2.38. The Hall–Kier alpha value is -1.39. The summed E-state index contributed by atoms with van der Waals surface area (Å²) in [5.41, 5.74) is 1.11. The average Bonchev–Trinajstić information content (AvgIpc) is 2.79. The molecule has 4 nitrogen and oxygen atoms in total. The molecule has 0 saturated carbocycles. The highest BCUT2D eigenvalue weighted by Crippen LogP contribution is 2.19. The lowest BCUT2D eigenvalue weighted by Gasteiger charge is -2.25. The zero-order chi connectivity index (χ0) is 13.8. The van der Waals surface area contributed by atoms with E-state index in [1.54, 1.807) is 5.06 Å². The molecule has 1 aromatic rings. The number of carbonyl (C=O) groups excluding carboxylic acids is 1. The van der Waals surface area contributed by atoms with Gasteiger partial charge in [-0.3, -0.25) is 9.63 Å². The van der Waals surface area contributed by atoms with Gasteiger partial charge >= 0.3 is 0 Å². The number of likely N-dealkylation sites (N-methyl/N-ethyl adjacent to an activating group) is 1. The second-order valence-electron chi connectivity index (χ2n) is 5.24. The summed E-state index contributed by atoms with van der Waals surface area (Å²) in [5.74, 6) is 0.172. The Bertz CT molecular complexity index is 419. The summed E-state index contributed by atoms with van der Waals surface area (Å²) in [6, 6.07) is 10.1. The Morgan fingerprint density at radius 1 is 1.37 bits per heavy atom. The maximum absolute atomic E-state index is 12.2. The van der Waals surface area contributed by atoms with Crippen LogP contribution in [0.3, 0.4) is 0 Å². The van der Waals surface area contributed by atoms with Crippen LogP contribution in [-0.2, 0) is 16.2 Å². The van der Waals surface area contributed by atoms with Crippen molar-refractivity contribution >= 4 is 5.91 Å². The van der Waals surface area contributed by atoms with Gasteiger partial charge in [0.1, 0.15) is 6.04 Å². The molecular formula is C15H22N2O2. The second kappa shape index (κ2) is 6.17. The Kier molecular flexibility index (Phi) is 4.56. The number of hydrogen-bond donors (Lipinski definition) is 0. The smallest absolute Gasteiger partial charge is 0.242 e. The van der Waals surface area contributed by atoms with E-state index in [2.05, 4.69) is 0 Å². The van der Waals surface area contributed by atoms with Gasteiger partial charge < -0.3 is 4.90 Å². The van der Waals surface area contributed by atoms with Gasteiger partial charge in [-0.05, 0) is 25.8 Å². The van der Waals surface area contributed by atoms with Gasteiger partial charge in [0, 0.05) is 19.6 Å². The predicted octanol–water partition coefficient (Wildman–Crippen LogP) is 2.06. The Labute approximate surface area is 114 Å². The fraction of sp³-hybridized carbons (Fsp3) is 0.533. The van der Waals surface area contributed by atoms with E-state index in [4.69, 9.17) is 4.84 Å². The molecule has 1 heterocycles. The molecule has 1 aliphatic rings. The normalized spacial score (nSPS) is 19.7. The number of hydrogen-bond acceptors (Lipinski definition) is 3. The standard InChI is InChI=1S/C15H22N2O2/c1-12(2)17-10-9-14(15(17)18)16(3)19-11-13-7-5-4-6-8-13/h4-8,12,14H,9-11H2,1-3H3/t14-/m1/s1. The third-order valence-corrected chi connectivity index (χ3v) is 3.55. The van der Waals surface area contributed by atoms with E-state index in [1.165, 1.54) is 0 Å². The number of likely N-dealkylation sites (tertiary alicyclic amines) is 1. The SMILES string of the molecule is CC(C)N1CC[C@@H](N(C)OCc2ccccc2)C1=O. The first-order valence-corrected chi connectivity index (χ1v) is 6.79. The second-order valence-corrected chi connectivity index (χ2v) is 5.24. The van der Waals surface area contributed by atoms with Gasteiger partial charge in [-0.15, -0.1) is 0 Å². The van der Waals surface area contributed by atoms with Crippen molar-refractivity contribution in [2.24, 2.45) is 0 Å². The van der Waals surface area contributed by atoms with Gasteiger partial charge in [0.25, 0.3) is 0 Å². The quantitative estimate of drug-likeness (QED) is 0.761. The number of carbonyl (C=O) groups is 1. The van der Waals surface area contributed by atoms with Crippen LogP contribution in [0.4, 0.5) is 0 Å². The molecule has 1 amide bonds. The van der Waals surface area contributed by atoms with Crippen molar-refractivity contribution in [1.82, 2.24) is 9.96 Å². The minimum absolute atomic E-state index is 0.147. The Balaban J connectivity index is 1.87. The van der Waals surface area contributed by atoms with Crippen molar-refractivity contribution in [2.45, 2.75) is 39.0 Å². The molecule has 0 bridgehead atoms. The van der Waals surface area contributed by atoms with Crippen molar-refractivity contribution in [3.05, 3.63) is 35.9 Å². The van der Waals surface area contributed by atoms with Crippen molar-refractivity contribution < 1.29 is 9.63 Å². The molecule has 1 saturated heterocycles. The van der Waals surface area contributed by atoms with E-state index in [0.29, 0.717) is 6.61 Å². The Morgan fingerprint density at radius 3 is 2.63 bits per heavy atom. The lowest BCUT2D eigenvalue weighted by Crippen LogP contribution is -2.41. The molecule has 0 aliphatic carbocycles. The average molecular weight is 262 g/mol. The van der Waals surface area contributed by atoms with Crippen molar-refractivity contribution in [2.75, 3.05) is 13.6 Å². The third-order valence-electron chi connectivity index (χ3n) is 3.55. The minimum atomic E-state index is -0.147. The summed E-state index contributed by atoms with van der Waals surface area (Å²) in [6.07, 6.45) is 0.836. The van der Waals surface area contributed by atoms with Crippen LogP contribution in [0.1, 0.15) is 25.8 Å². The van der Waals surface area contributed by atoms with Gasteiger partial charge in [-0.25, -0.2) is 0 Å². The van der Waals surface area contributed by atoms with Crippen molar-refractivity contribution in [3.63, 3.8) is 0 Å². The molecule has 0 radical (unpaired) electrons. The van der Waals surface area contributed by atoms with Gasteiger partial charge in [0.05, 0.1) is 6.61 Å². The van der Waals surface area contributed by atoms with Crippen LogP contribution in [0.5, 0.6) is 0 Å². The lowest BCUT2D eigenvalue weighted by molar-refractivity contribution is -0.183. The molecule has 0 unspecified atom stereocenters. The number of hydroxylamine groups is 2. The summed E-state index contributed by atoms with van der Waals surface area (Å²) in [6.45, 7) is 5.42. The van der Waals surface area contributed by atoms with Gasteiger partial charge in [-0.2, -0.15) is 5.06 Å². The van der Waals surface area contributed by atoms with E-state index in [0.717, 1.165) is 18.5 Å². The summed E-state index contributed by atoms with van der Waals surface area (Å²) in [4.78, 5) is 19.8. The first kappa shape index (κ1) is 14.0. The highest BCUT2D eigenvalue weighted by Gasteiger charge is 2.36. The summed E-state index contributed by atoms with van der Waals surface area (Å²) in [5, 5.41) is 1.71. The number of nitrogens with zero attached hydrogens (tertiary/aromatic N) is 2. The number of benzene rings is 1. The molecule has 2 rings (SSSR count). The molecule has 0 aromatic heterocycles. The first-order chi connectivity index (χ1) is 9.09. The molecule has 1 atom stereocenters. The van der Waals surface area contributed by atoms with E-state index in [-0.39, 0.29) is 18.0 Å². The van der Waals surface area contributed by atoms with Gasteiger partial charge in [-0.1, -0.05) is 30.3 Å². The molecule has 19 heavy (non-hydrogen) atoms. The largest absolute Gasteiger partial charge is 0.339 e. The van der Waals surface area contributed by atoms with Crippen LogP contribution >= 0.6 is 0 Å². The van der Waals surface area contributed by atoms with Gasteiger partial charge in [0.2, 0.25) is 5.91 Å². The Morgan fingerprint density at radius 2 is 2.05 bits per heavy atom. The molecule has 1 aliphatic heterocycles. The molecule has 104 valence electrons. The summed E-state index contributed by atoms with van der Waals surface area (Å²) < 4.78 is 0. The molecule has 1 aromatic carbocycles. The zero-order valence-corrected chi connectivity index (χ0v) is 11.9. The first-order valence-electron chi connectivity index (χ1n) is 6.79. The molecular weight excluding hydrogens is 240 g/mol. The number of rotatable bonds is 5. The van der Waals surface area contributed by atoms with Crippen molar-refractivity contribution in [1.29, 1.82) is 0 Å². The summed E-state index contributed by atoms with van der Waals surface area (Å²) in [7, 11) is 1.84. The summed E-state index contributed by atoms with van der Waals surface area (Å²) >= 11 is 0. The highest BCUT2D eigenvalue weighted by molar-refractivity contribution is 5.84. The van der Waals surface area contributed by atoms with Crippen LogP contribution in [0, 0.1) is 0 Å². The fourth-order valence-electron chi connectivity index (χ4n) is 2.38. The van der Waals surface area contributed by atoms with Crippen molar-refractivity contribution in [3.8, 4) is 0 Å². The molecule has 0 spiro atoms. The van der Waals surface area contributed by atoms with Crippen LogP contribution in [0.25, 0.3) is 0 Å². The zero-order valence-electron chi connectivity index (χ0n) is 11.9. The van der Waals surface area contributed by atoms with Crippen LogP contribution in [0.15, 0.2) is 30.3 Å². The minimum Gasteiger partial charge on any atom is -0.339 e.